The second-order valence-electron chi connectivity index (χ2n) is 8.82. The highest BCUT2D eigenvalue weighted by Crippen LogP contribution is 2.30. The molecule has 0 radical (unpaired) electrons. The van der Waals surface area contributed by atoms with Crippen LogP contribution in [-0.4, -0.2) is 42.3 Å². The summed E-state index contributed by atoms with van der Waals surface area (Å²) < 4.78 is 16.9. The molecular weight excluding hydrogens is 551 g/mol. The van der Waals surface area contributed by atoms with Crippen LogP contribution >= 0.6 is 23.2 Å². The van der Waals surface area contributed by atoms with Gasteiger partial charge in [-0.25, -0.2) is 4.98 Å². The fourth-order valence-electron chi connectivity index (χ4n) is 3.97. The normalized spacial score (nSPS) is 11.0. The van der Waals surface area contributed by atoms with E-state index in [2.05, 4.69) is 10.8 Å². The molecule has 1 aromatic heterocycles. The number of esters is 2. The van der Waals surface area contributed by atoms with E-state index in [1.807, 2.05) is 54.6 Å². The fourth-order valence-corrected chi connectivity index (χ4v) is 4.47. The summed E-state index contributed by atoms with van der Waals surface area (Å²) in [7, 11) is 2.73. The van der Waals surface area contributed by atoms with Gasteiger partial charge in [0.1, 0.15) is 18.1 Å². The first kappa shape index (κ1) is 28.9. The van der Waals surface area contributed by atoms with E-state index in [0.717, 1.165) is 22.4 Å². The Morgan fingerprint density at radius 3 is 2.40 bits per heavy atom. The summed E-state index contributed by atoms with van der Waals surface area (Å²) in [5, 5.41) is 0.997. The molecular formula is C31H28Cl2N2O5. The number of hydrogen-bond donors (Lipinski definition) is 0. The van der Waals surface area contributed by atoms with Crippen molar-refractivity contribution in [2.45, 2.75) is 19.4 Å². The van der Waals surface area contributed by atoms with Crippen LogP contribution in [0.3, 0.4) is 0 Å². The zero-order valence-corrected chi connectivity index (χ0v) is 23.6. The summed E-state index contributed by atoms with van der Waals surface area (Å²) >= 11 is 12.4. The highest BCUT2D eigenvalue weighted by molar-refractivity contribution is 6.36. The van der Waals surface area contributed by atoms with Crippen LogP contribution in [0.4, 0.5) is 0 Å². The van der Waals surface area contributed by atoms with Crippen molar-refractivity contribution < 1.29 is 23.8 Å². The fraction of sp³-hybridized carbons (Fsp3) is 0.194. The molecule has 4 rings (SSSR count). The predicted molar refractivity (Wildman–Crippen MR) is 157 cm³/mol. The van der Waals surface area contributed by atoms with Gasteiger partial charge in [0, 0.05) is 23.2 Å². The van der Waals surface area contributed by atoms with Gasteiger partial charge in [0.05, 0.1) is 31.5 Å². The standard InChI is InChI=1S/C31H28Cl2N2O5/c1-38-30(36)7-4-16-40-25-12-9-22(10-13-25)23-6-3-5-21(17-23)8-15-29-34-28(19-35(29)20-31(37)39-2)26-14-11-24(32)18-27(26)33/h3,5-6,8-15,17-19H,4,7,16,20H2,1-2H3/b15-8+. The zero-order chi connectivity index (χ0) is 28.5. The topological polar surface area (TPSA) is 79.7 Å². The molecule has 0 amide bonds. The summed E-state index contributed by atoms with van der Waals surface area (Å²) in [4.78, 5) is 28.0. The number of hydrogen-bond acceptors (Lipinski definition) is 6. The van der Waals surface area contributed by atoms with Crippen LogP contribution in [0.25, 0.3) is 34.5 Å². The van der Waals surface area contributed by atoms with Crippen LogP contribution < -0.4 is 4.74 Å². The molecule has 206 valence electrons. The summed E-state index contributed by atoms with van der Waals surface area (Å²) in [5.41, 5.74) is 4.35. The van der Waals surface area contributed by atoms with Gasteiger partial charge < -0.3 is 18.8 Å². The Kier molecular flexibility index (Phi) is 10.00. The van der Waals surface area contributed by atoms with Crippen molar-refractivity contribution in [3.8, 4) is 28.1 Å². The van der Waals surface area contributed by atoms with E-state index in [4.69, 9.17) is 37.7 Å². The smallest absolute Gasteiger partial charge is 0.325 e. The Labute approximate surface area is 242 Å². The molecule has 0 bridgehead atoms. The Balaban J connectivity index is 1.51. The van der Waals surface area contributed by atoms with E-state index in [9.17, 15) is 9.59 Å². The lowest BCUT2D eigenvalue weighted by atomic mass is 10.0. The quantitative estimate of drug-likeness (QED) is 0.138. The third-order valence-electron chi connectivity index (χ3n) is 6.06. The van der Waals surface area contributed by atoms with Gasteiger partial charge in [0.2, 0.25) is 0 Å². The highest BCUT2D eigenvalue weighted by atomic mass is 35.5. The molecule has 40 heavy (non-hydrogen) atoms. The maximum atomic E-state index is 12.0. The highest BCUT2D eigenvalue weighted by Gasteiger charge is 2.14. The minimum absolute atomic E-state index is 0.00549. The average Bonchev–Trinajstić information content (AvgIpc) is 3.36. The molecule has 0 aliphatic rings. The van der Waals surface area contributed by atoms with Crippen molar-refractivity contribution in [1.29, 1.82) is 0 Å². The van der Waals surface area contributed by atoms with Crippen molar-refractivity contribution in [2.75, 3.05) is 20.8 Å². The van der Waals surface area contributed by atoms with Gasteiger partial charge in [-0.15, -0.1) is 0 Å². The first-order valence-corrected chi connectivity index (χ1v) is 13.3. The van der Waals surface area contributed by atoms with Gasteiger partial charge in [-0.3, -0.25) is 9.59 Å². The van der Waals surface area contributed by atoms with Crippen molar-refractivity contribution in [1.82, 2.24) is 9.55 Å². The summed E-state index contributed by atoms with van der Waals surface area (Å²) in [6.45, 7) is 0.442. The molecule has 0 aliphatic heterocycles. The Hall–Kier alpha value is -4.07. The molecule has 9 heteroatoms. The van der Waals surface area contributed by atoms with E-state index >= 15 is 0 Å². The Bertz CT molecular complexity index is 1510. The lowest BCUT2D eigenvalue weighted by Crippen LogP contribution is -2.11. The summed E-state index contributed by atoms with van der Waals surface area (Å²) in [6.07, 6.45) is 6.47. The first-order chi connectivity index (χ1) is 19.4. The minimum atomic E-state index is -0.390. The number of methoxy groups -OCH3 is 2. The summed E-state index contributed by atoms with van der Waals surface area (Å²) in [6, 6.07) is 21.0. The maximum Gasteiger partial charge on any atom is 0.325 e. The van der Waals surface area contributed by atoms with Crippen molar-refractivity contribution >= 4 is 47.3 Å². The molecule has 7 nitrogen and oxygen atoms in total. The van der Waals surface area contributed by atoms with Crippen molar-refractivity contribution in [3.63, 3.8) is 0 Å². The predicted octanol–water partition coefficient (Wildman–Crippen LogP) is 7.20. The lowest BCUT2D eigenvalue weighted by Gasteiger charge is -2.08. The number of halogens is 2. The SMILES string of the molecule is COC(=O)CCCOc1ccc(-c2cccc(/C=C/c3nc(-c4ccc(Cl)cc4Cl)cn3CC(=O)OC)c2)cc1. The Morgan fingerprint density at radius 1 is 0.900 bits per heavy atom. The number of carbonyl (C=O) groups excluding carboxylic acids is 2. The number of ether oxygens (including phenoxy) is 3. The minimum Gasteiger partial charge on any atom is -0.494 e. The third kappa shape index (κ3) is 7.74. The lowest BCUT2D eigenvalue weighted by molar-refractivity contribution is -0.142. The number of rotatable bonds is 11. The summed E-state index contributed by atoms with van der Waals surface area (Å²) in [5.74, 6) is 0.676. The first-order valence-electron chi connectivity index (χ1n) is 12.5. The van der Waals surface area contributed by atoms with Crippen LogP contribution in [0, 0.1) is 0 Å². The molecule has 0 N–H and O–H groups in total. The van der Waals surface area contributed by atoms with Crippen LogP contribution in [0.2, 0.25) is 10.0 Å². The molecule has 4 aromatic rings. The zero-order valence-electron chi connectivity index (χ0n) is 22.1. The molecule has 0 spiro atoms. The molecule has 3 aromatic carbocycles. The van der Waals surface area contributed by atoms with E-state index in [-0.39, 0.29) is 12.5 Å². The average molecular weight is 579 g/mol. The molecule has 0 atom stereocenters. The van der Waals surface area contributed by atoms with E-state index in [1.54, 1.807) is 29.0 Å². The van der Waals surface area contributed by atoms with Gasteiger partial charge in [-0.05, 0) is 65.6 Å². The monoisotopic (exact) mass is 578 g/mol. The van der Waals surface area contributed by atoms with Gasteiger partial charge in [-0.1, -0.05) is 59.6 Å². The second kappa shape index (κ2) is 13.8. The molecule has 0 saturated carbocycles. The Morgan fingerprint density at radius 2 is 1.68 bits per heavy atom. The van der Waals surface area contributed by atoms with Crippen LogP contribution in [0.1, 0.15) is 24.2 Å². The largest absolute Gasteiger partial charge is 0.494 e. The van der Waals surface area contributed by atoms with Gasteiger partial charge >= 0.3 is 11.9 Å². The number of nitrogens with zero attached hydrogens (tertiary/aromatic N) is 2. The number of carbonyl (C=O) groups is 2. The number of imidazole rings is 1. The molecule has 0 fully saturated rings. The maximum absolute atomic E-state index is 12.0. The molecule has 0 unspecified atom stereocenters. The number of aromatic nitrogens is 2. The van der Waals surface area contributed by atoms with Gasteiger partial charge in [0.15, 0.2) is 0 Å². The van der Waals surface area contributed by atoms with Gasteiger partial charge in [0.25, 0.3) is 0 Å². The molecule has 0 saturated heterocycles. The van der Waals surface area contributed by atoms with E-state index in [0.29, 0.717) is 46.6 Å². The second-order valence-corrected chi connectivity index (χ2v) is 9.67. The van der Waals surface area contributed by atoms with Crippen LogP contribution in [0.15, 0.2) is 72.9 Å². The van der Waals surface area contributed by atoms with Crippen LogP contribution in [-0.2, 0) is 25.6 Å². The van der Waals surface area contributed by atoms with E-state index < -0.39 is 5.97 Å². The van der Waals surface area contributed by atoms with Gasteiger partial charge in [-0.2, -0.15) is 0 Å². The molecule has 1 heterocycles. The van der Waals surface area contributed by atoms with Crippen LogP contribution in [0.5, 0.6) is 5.75 Å². The third-order valence-corrected chi connectivity index (χ3v) is 6.61. The number of benzene rings is 3. The van der Waals surface area contributed by atoms with E-state index in [1.165, 1.54) is 14.2 Å². The van der Waals surface area contributed by atoms with Crippen molar-refractivity contribution in [2.24, 2.45) is 0 Å². The van der Waals surface area contributed by atoms with Crippen molar-refractivity contribution in [3.05, 3.63) is 94.4 Å². The molecule has 0 aliphatic carbocycles.